The van der Waals surface area contributed by atoms with E-state index in [1.165, 1.54) is 0 Å². The molecule has 3 amide bonds. The molecule has 0 bridgehead atoms. The monoisotopic (exact) mass is 574 g/mol. The minimum atomic E-state index is -1.19. The first-order valence-corrected chi connectivity index (χ1v) is 14.4. The van der Waals surface area contributed by atoms with Gasteiger partial charge in [0.1, 0.15) is 12.1 Å². The van der Waals surface area contributed by atoms with Crippen molar-refractivity contribution in [3.8, 4) is 0 Å². The fraction of sp³-hybridized carbons (Fsp3) is 0.438. The normalized spacial score (nSPS) is 18.6. The number of piperidine rings is 1. The molecule has 4 N–H and O–H groups in total. The molecule has 10 heteroatoms. The minimum absolute atomic E-state index is 0.0143. The molecule has 0 aliphatic carbocycles. The first-order valence-electron chi connectivity index (χ1n) is 14.4. The number of carbonyl (C=O) groups is 3. The van der Waals surface area contributed by atoms with E-state index in [1.54, 1.807) is 30.9 Å². The van der Waals surface area contributed by atoms with Crippen molar-refractivity contribution >= 4 is 23.5 Å². The average Bonchev–Trinajstić information content (AvgIpc) is 3.40. The number of carbonyl (C=O) groups excluding carboxylic acids is 3. The quantitative estimate of drug-likeness (QED) is 0.322. The van der Waals surface area contributed by atoms with Crippen molar-refractivity contribution in [2.45, 2.75) is 58.3 Å². The van der Waals surface area contributed by atoms with Gasteiger partial charge in [-0.2, -0.15) is 0 Å². The summed E-state index contributed by atoms with van der Waals surface area (Å²) in [6.45, 7) is 9.07. The van der Waals surface area contributed by atoms with E-state index in [2.05, 4.69) is 29.5 Å². The Bertz CT molecular complexity index is 1330. The lowest BCUT2D eigenvalue weighted by molar-refractivity contribution is -0.136. The van der Waals surface area contributed by atoms with Gasteiger partial charge in [0.15, 0.2) is 5.82 Å². The van der Waals surface area contributed by atoms with Gasteiger partial charge in [-0.15, -0.1) is 0 Å². The van der Waals surface area contributed by atoms with Crippen molar-refractivity contribution < 1.29 is 19.1 Å². The Morgan fingerprint density at radius 3 is 2.26 bits per heavy atom. The van der Waals surface area contributed by atoms with Crippen molar-refractivity contribution in [1.82, 2.24) is 19.8 Å². The van der Waals surface area contributed by atoms with E-state index < -0.39 is 29.4 Å². The number of nitrogens with one attached hydrogen (secondary N) is 2. The molecule has 10 nitrogen and oxygen atoms in total. The van der Waals surface area contributed by atoms with Gasteiger partial charge in [0, 0.05) is 19.3 Å². The fourth-order valence-electron chi connectivity index (χ4n) is 5.25. The van der Waals surface area contributed by atoms with Crippen LogP contribution in [0.15, 0.2) is 73.2 Å². The number of rotatable bonds is 11. The lowest BCUT2D eigenvalue weighted by atomic mass is 9.91. The van der Waals surface area contributed by atoms with Crippen LogP contribution in [0.4, 0.5) is 5.82 Å². The molecule has 2 heterocycles. The second-order valence-electron chi connectivity index (χ2n) is 11.9. The third kappa shape index (κ3) is 8.27. The molecule has 1 aliphatic heterocycles. The number of benzene rings is 2. The van der Waals surface area contributed by atoms with Crippen LogP contribution in [0.1, 0.15) is 51.3 Å². The third-order valence-electron chi connectivity index (χ3n) is 7.28. The van der Waals surface area contributed by atoms with E-state index in [1.807, 2.05) is 65.6 Å². The van der Waals surface area contributed by atoms with E-state index in [4.69, 9.17) is 10.5 Å². The number of nitrogens with two attached hydrogens (primary N) is 1. The number of anilines is 1. The Balaban J connectivity index is 1.51. The van der Waals surface area contributed by atoms with Crippen molar-refractivity contribution in [3.63, 3.8) is 0 Å². The van der Waals surface area contributed by atoms with E-state index >= 15 is 0 Å². The van der Waals surface area contributed by atoms with Crippen LogP contribution in [0.2, 0.25) is 0 Å². The zero-order valence-electron chi connectivity index (χ0n) is 24.8. The number of likely N-dealkylation sites (tertiary alicyclic amines) is 1. The molecule has 224 valence electrons. The lowest BCUT2D eigenvalue weighted by Gasteiger charge is -2.37. The van der Waals surface area contributed by atoms with Crippen LogP contribution >= 0.6 is 0 Å². The fourth-order valence-corrected chi connectivity index (χ4v) is 5.25. The first kappa shape index (κ1) is 30.9. The highest BCUT2D eigenvalue weighted by molar-refractivity contribution is 5.98. The maximum atomic E-state index is 13.9. The molecule has 1 aliphatic rings. The van der Waals surface area contributed by atoms with Crippen LogP contribution in [-0.4, -0.2) is 63.4 Å². The lowest BCUT2D eigenvalue weighted by Crippen LogP contribution is -2.56. The standard InChI is InChI=1S/C32H42N6O4/c1-22-15-23(2)17-37(16-22)30(40)28(25-13-9-6-10-14-25)38-18-27(34-21-38)36-29(39)26(35-31(41)32(3,4)33)20-42-19-24-11-7-5-8-12-24/h5-14,18,21-23,26,28H,15-17,19-20,33H2,1-4H3,(H,35,41)(H,36,39). The predicted molar refractivity (Wildman–Crippen MR) is 161 cm³/mol. The molecule has 2 aromatic carbocycles. The predicted octanol–water partition coefficient (Wildman–Crippen LogP) is 3.35. The first-order chi connectivity index (χ1) is 20.0. The van der Waals surface area contributed by atoms with Crippen LogP contribution < -0.4 is 16.4 Å². The largest absolute Gasteiger partial charge is 0.374 e. The molecule has 0 radical (unpaired) electrons. The third-order valence-corrected chi connectivity index (χ3v) is 7.28. The number of ether oxygens (including phenoxy) is 1. The van der Waals surface area contributed by atoms with Gasteiger partial charge in [0.05, 0.1) is 25.1 Å². The zero-order valence-corrected chi connectivity index (χ0v) is 24.8. The summed E-state index contributed by atoms with van der Waals surface area (Å²) in [5, 5.41) is 5.47. The van der Waals surface area contributed by atoms with Crippen LogP contribution in [0.25, 0.3) is 0 Å². The van der Waals surface area contributed by atoms with E-state index in [0.717, 1.165) is 17.5 Å². The Morgan fingerprint density at radius 1 is 1.02 bits per heavy atom. The molecule has 0 spiro atoms. The molecule has 4 atom stereocenters. The van der Waals surface area contributed by atoms with Gasteiger partial charge in [0.25, 0.3) is 5.91 Å². The van der Waals surface area contributed by atoms with Gasteiger partial charge < -0.3 is 30.6 Å². The van der Waals surface area contributed by atoms with Gasteiger partial charge in [-0.1, -0.05) is 74.5 Å². The second-order valence-corrected chi connectivity index (χ2v) is 11.9. The van der Waals surface area contributed by atoms with Crippen LogP contribution in [0, 0.1) is 11.8 Å². The Morgan fingerprint density at radius 2 is 1.64 bits per heavy atom. The van der Waals surface area contributed by atoms with Crippen molar-refractivity contribution in [2.75, 3.05) is 25.0 Å². The summed E-state index contributed by atoms with van der Waals surface area (Å²) >= 11 is 0. The molecule has 4 rings (SSSR count). The van der Waals surface area contributed by atoms with Gasteiger partial charge in [-0.25, -0.2) is 4.98 Å². The highest BCUT2D eigenvalue weighted by Crippen LogP contribution is 2.27. The molecule has 3 aromatic rings. The Labute approximate surface area is 247 Å². The average molecular weight is 575 g/mol. The minimum Gasteiger partial charge on any atom is -0.374 e. The summed E-state index contributed by atoms with van der Waals surface area (Å²) in [5.74, 6) is 0.0781. The van der Waals surface area contributed by atoms with Gasteiger partial charge in [-0.3, -0.25) is 14.4 Å². The van der Waals surface area contributed by atoms with Gasteiger partial charge in [0.2, 0.25) is 11.8 Å². The summed E-state index contributed by atoms with van der Waals surface area (Å²) in [6.07, 6.45) is 4.28. The molecule has 1 aromatic heterocycles. The SMILES string of the molecule is CC1CC(C)CN(C(=O)C(c2ccccc2)n2cnc(NC(=O)C(COCc3ccccc3)NC(=O)C(C)(C)N)c2)C1. The van der Waals surface area contributed by atoms with Crippen molar-refractivity contribution in [1.29, 1.82) is 0 Å². The van der Waals surface area contributed by atoms with Gasteiger partial charge in [-0.05, 0) is 43.2 Å². The number of imidazole rings is 1. The molecular formula is C32H42N6O4. The summed E-state index contributed by atoms with van der Waals surface area (Å²) in [5.41, 5.74) is 6.54. The molecule has 0 saturated carbocycles. The summed E-state index contributed by atoms with van der Waals surface area (Å²) in [7, 11) is 0. The zero-order chi connectivity index (χ0) is 30.3. The number of nitrogens with zero attached hydrogens (tertiary/aromatic N) is 3. The van der Waals surface area contributed by atoms with Crippen molar-refractivity contribution in [2.24, 2.45) is 17.6 Å². The van der Waals surface area contributed by atoms with Crippen LogP contribution in [0.5, 0.6) is 0 Å². The number of hydrogen-bond donors (Lipinski definition) is 3. The molecule has 4 unspecified atom stereocenters. The molecular weight excluding hydrogens is 532 g/mol. The highest BCUT2D eigenvalue weighted by atomic mass is 16.5. The molecule has 1 fully saturated rings. The summed E-state index contributed by atoms with van der Waals surface area (Å²) in [6, 6.07) is 17.4. The number of hydrogen-bond acceptors (Lipinski definition) is 6. The van der Waals surface area contributed by atoms with Crippen LogP contribution in [-0.2, 0) is 25.7 Å². The summed E-state index contributed by atoms with van der Waals surface area (Å²) < 4.78 is 7.50. The molecule has 1 saturated heterocycles. The molecule has 42 heavy (non-hydrogen) atoms. The highest BCUT2D eigenvalue weighted by Gasteiger charge is 2.33. The second kappa shape index (κ2) is 13.8. The van der Waals surface area contributed by atoms with E-state index in [0.29, 0.717) is 24.9 Å². The van der Waals surface area contributed by atoms with Crippen LogP contribution in [0.3, 0.4) is 0 Å². The summed E-state index contributed by atoms with van der Waals surface area (Å²) in [4.78, 5) is 46.2. The topological polar surface area (TPSA) is 132 Å². The Kier molecular flexibility index (Phi) is 10.1. The Hall–Kier alpha value is -4.02. The number of aromatic nitrogens is 2. The van der Waals surface area contributed by atoms with Crippen molar-refractivity contribution in [3.05, 3.63) is 84.3 Å². The maximum absolute atomic E-state index is 13.9. The smallest absolute Gasteiger partial charge is 0.250 e. The maximum Gasteiger partial charge on any atom is 0.250 e. The van der Waals surface area contributed by atoms with E-state index in [9.17, 15) is 14.4 Å². The number of amides is 3. The van der Waals surface area contributed by atoms with Gasteiger partial charge >= 0.3 is 0 Å². The van der Waals surface area contributed by atoms with E-state index in [-0.39, 0.29) is 24.9 Å².